The highest BCUT2D eigenvalue weighted by molar-refractivity contribution is 5.78. The molecule has 1 aliphatic heterocycles. The topological polar surface area (TPSA) is 58.2 Å². The second kappa shape index (κ2) is 5.63. The number of hydrogen-bond donors (Lipinski definition) is 1. The van der Waals surface area contributed by atoms with Crippen LogP contribution in [0.2, 0.25) is 0 Å². The Balaban J connectivity index is 1.90. The van der Waals surface area contributed by atoms with Gasteiger partial charge in [-0.3, -0.25) is 4.79 Å². The molecule has 1 amide bonds. The van der Waals surface area contributed by atoms with E-state index in [2.05, 4.69) is 9.97 Å². The van der Waals surface area contributed by atoms with Gasteiger partial charge in [0.2, 0.25) is 5.91 Å². The molecule has 20 heavy (non-hydrogen) atoms. The van der Waals surface area contributed by atoms with Gasteiger partial charge >= 0.3 is 0 Å². The molecule has 5 heteroatoms. The van der Waals surface area contributed by atoms with Crippen molar-refractivity contribution in [1.82, 2.24) is 14.9 Å². The van der Waals surface area contributed by atoms with Gasteiger partial charge in [0.15, 0.2) is 0 Å². The molecule has 1 saturated heterocycles. The molecule has 3 rings (SSSR count). The summed E-state index contributed by atoms with van der Waals surface area (Å²) in [6.07, 6.45) is 3.12. The second-order valence-electron chi connectivity index (χ2n) is 5.17. The third-order valence-corrected chi connectivity index (χ3v) is 3.81. The smallest absolute Gasteiger partial charge is 0.249 e. The minimum absolute atomic E-state index is 0.0395. The molecular formula is C15H19N3O2. The van der Waals surface area contributed by atoms with E-state index in [9.17, 15) is 4.79 Å². The molecule has 2 heterocycles. The SMILES string of the molecule is COCC(=O)N1CCCCC1c1nc2ccccc2[nH]1. The maximum Gasteiger partial charge on any atom is 0.249 e. The minimum Gasteiger partial charge on any atom is -0.375 e. The Morgan fingerprint density at radius 1 is 1.45 bits per heavy atom. The first-order chi connectivity index (χ1) is 9.79. The van der Waals surface area contributed by atoms with Crippen molar-refractivity contribution < 1.29 is 9.53 Å². The van der Waals surface area contributed by atoms with Crippen molar-refractivity contribution in [2.75, 3.05) is 20.3 Å². The van der Waals surface area contributed by atoms with Crippen LogP contribution in [-0.2, 0) is 9.53 Å². The van der Waals surface area contributed by atoms with Crippen molar-refractivity contribution in [2.45, 2.75) is 25.3 Å². The molecule has 0 spiro atoms. The fourth-order valence-electron chi connectivity index (χ4n) is 2.85. The molecule has 1 fully saturated rings. The molecule has 1 N–H and O–H groups in total. The number of imidazole rings is 1. The van der Waals surface area contributed by atoms with Crippen LogP contribution in [0.25, 0.3) is 11.0 Å². The number of fused-ring (bicyclic) bond motifs is 1. The van der Waals surface area contributed by atoms with Crippen LogP contribution in [0.15, 0.2) is 24.3 Å². The maximum atomic E-state index is 12.2. The zero-order valence-corrected chi connectivity index (χ0v) is 11.6. The Hall–Kier alpha value is -1.88. The summed E-state index contributed by atoms with van der Waals surface area (Å²) in [5.41, 5.74) is 1.97. The van der Waals surface area contributed by atoms with Crippen LogP contribution in [0.4, 0.5) is 0 Å². The predicted molar refractivity (Wildman–Crippen MR) is 76.3 cm³/mol. The number of ether oxygens (including phenoxy) is 1. The van der Waals surface area contributed by atoms with E-state index in [1.165, 1.54) is 0 Å². The molecule has 1 aliphatic rings. The molecule has 1 unspecified atom stereocenters. The number of likely N-dealkylation sites (tertiary alicyclic amines) is 1. The summed E-state index contributed by atoms with van der Waals surface area (Å²) in [5.74, 6) is 0.924. The summed E-state index contributed by atoms with van der Waals surface area (Å²) in [6.45, 7) is 0.917. The number of carbonyl (C=O) groups is 1. The number of rotatable bonds is 3. The predicted octanol–water partition coefficient (Wildman–Crippen LogP) is 2.26. The number of carbonyl (C=O) groups excluding carboxylic acids is 1. The van der Waals surface area contributed by atoms with Crippen LogP contribution in [-0.4, -0.2) is 41.0 Å². The van der Waals surface area contributed by atoms with Crippen molar-refractivity contribution in [3.63, 3.8) is 0 Å². The van der Waals surface area contributed by atoms with Crippen LogP contribution in [0.1, 0.15) is 31.1 Å². The van der Waals surface area contributed by atoms with Gasteiger partial charge in [0.1, 0.15) is 12.4 Å². The van der Waals surface area contributed by atoms with Gasteiger partial charge in [-0.1, -0.05) is 12.1 Å². The number of benzene rings is 1. The quantitative estimate of drug-likeness (QED) is 0.933. The van der Waals surface area contributed by atoms with E-state index < -0.39 is 0 Å². The van der Waals surface area contributed by atoms with Gasteiger partial charge in [0.25, 0.3) is 0 Å². The number of amides is 1. The first-order valence-electron chi connectivity index (χ1n) is 7.02. The molecule has 0 bridgehead atoms. The molecular weight excluding hydrogens is 254 g/mol. The van der Waals surface area contributed by atoms with E-state index in [0.29, 0.717) is 0 Å². The fraction of sp³-hybridized carbons (Fsp3) is 0.467. The molecule has 2 aromatic rings. The van der Waals surface area contributed by atoms with Crippen LogP contribution in [0.3, 0.4) is 0 Å². The van der Waals surface area contributed by atoms with Gasteiger partial charge in [-0.2, -0.15) is 0 Å². The molecule has 1 aromatic carbocycles. The highest BCUT2D eigenvalue weighted by Crippen LogP contribution is 2.30. The average molecular weight is 273 g/mol. The van der Waals surface area contributed by atoms with Gasteiger partial charge in [0.05, 0.1) is 17.1 Å². The average Bonchev–Trinajstić information content (AvgIpc) is 2.91. The number of methoxy groups -OCH3 is 1. The van der Waals surface area contributed by atoms with E-state index in [-0.39, 0.29) is 18.6 Å². The van der Waals surface area contributed by atoms with Crippen LogP contribution < -0.4 is 0 Å². The van der Waals surface area contributed by atoms with Gasteiger partial charge in [-0.15, -0.1) is 0 Å². The molecule has 106 valence electrons. The number of piperidine rings is 1. The van der Waals surface area contributed by atoms with Gasteiger partial charge in [0, 0.05) is 13.7 Å². The largest absolute Gasteiger partial charge is 0.375 e. The van der Waals surface area contributed by atoms with Crippen LogP contribution in [0.5, 0.6) is 0 Å². The minimum atomic E-state index is 0.0395. The van der Waals surface area contributed by atoms with E-state index >= 15 is 0 Å². The second-order valence-corrected chi connectivity index (χ2v) is 5.17. The lowest BCUT2D eigenvalue weighted by molar-refractivity contribution is -0.139. The molecule has 0 aliphatic carbocycles. The first kappa shape index (κ1) is 13.1. The van der Waals surface area contributed by atoms with Gasteiger partial charge in [-0.25, -0.2) is 4.98 Å². The summed E-state index contributed by atoms with van der Waals surface area (Å²) in [7, 11) is 1.55. The number of para-hydroxylation sites is 2. The molecule has 0 radical (unpaired) electrons. The number of aromatic amines is 1. The van der Waals surface area contributed by atoms with Crippen molar-refractivity contribution >= 4 is 16.9 Å². The van der Waals surface area contributed by atoms with E-state index in [4.69, 9.17) is 4.74 Å². The van der Waals surface area contributed by atoms with Gasteiger partial charge < -0.3 is 14.6 Å². The third kappa shape index (κ3) is 2.41. The summed E-state index contributed by atoms with van der Waals surface area (Å²) >= 11 is 0. The zero-order valence-electron chi connectivity index (χ0n) is 11.6. The van der Waals surface area contributed by atoms with Crippen molar-refractivity contribution in [3.05, 3.63) is 30.1 Å². The number of nitrogens with zero attached hydrogens (tertiary/aromatic N) is 2. The Labute approximate surface area is 117 Å². The summed E-state index contributed by atoms with van der Waals surface area (Å²) in [4.78, 5) is 22.0. The van der Waals surface area contributed by atoms with Crippen LogP contribution >= 0.6 is 0 Å². The molecule has 1 aromatic heterocycles. The van der Waals surface area contributed by atoms with E-state index in [1.54, 1.807) is 7.11 Å². The first-order valence-corrected chi connectivity index (χ1v) is 7.02. The van der Waals surface area contributed by atoms with Gasteiger partial charge in [-0.05, 0) is 31.4 Å². The molecule has 5 nitrogen and oxygen atoms in total. The van der Waals surface area contributed by atoms with Crippen molar-refractivity contribution in [2.24, 2.45) is 0 Å². The highest BCUT2D eigenvalue weighted by Gasteiger charge is 2.29. The number of hydrogen-bond acceptors (Lipinski definition) is 3. The Morgan fingerprint density at radius 3 is 3.10 bits per heavy atom. The maximum absolute atomic E-state index is 12.2. The summed E-state index contributed by atoms with van der Waals surface area (Å²) in [5, 5.41) is 0. The highest BCUT2D eigenvalue weighted by atomic mass is 16.5. The lowest BCUT2D eigenvalue weighted by atomic mass is 10.0. The lowest BCUT2D eigenvalue weighted by Gasteiger charge is -2.34. The monoisotopic (exact) mass is 273 g/mol. The standard InChI is InChI=1S/C15H19N3O2/c1-20-10-14(19)18-9-5-4-8-13(18)15-16-11-6-2-3-7-12(11)17-15/h2-3,6-7,13H,4-5,8-10H2,1H3,(H,16,17). The zero-order chi connectivity index (χ0) is 13.9. The lowest BCUT2D eigenvalue weighted by Crippen LogP contribution is -2.40. The number of H-pyrrole nitrogens is 1. The van der Waals surface area contributed by atoms with E-state index in [0.717, 1.165) is 42.7 Å². The fourth-order valence-corrected chi connectivity index (χ4v) is 2.85. The Morgan fingerprint density at radius 2 is 2.30 bits per heavy atom. The molecule has 1 atom stereocenters. The normalized spacial score (nSPS) is 19.4. The summed E-state index contributed by atoms with van der Waals surface area (Å²) < 4.78 is 4.98. The van der Waals surface area contributed by atoms with Crippen molar-refractivity contribution in [1.29, 1.82) is 0 Å². The van der Waals surface area contributed by atoms with E-state index in [1.807, 2.05) is 29.2 Å². The Kier molecular flexibility index (Phi) is 3.69. The third-order valence-electron chi connectivity index (χ3n) is 3.81. The number of nitrogens with one attached hydrogen (secondary N) is 1. The van der Waals surface area contributed by atoms with Crippen LogP contribution in [0, 0.1) is 0 Å². The van der Waals surface area contributed by atoms with Crippen molar-refractivity contribution in [3.8, 4) is 0 Å². The Bertz CT molecular complexity index is 575. The molecule has 0 saturated carbocycles. The summed E-state index contributed by atoms with van der Waals surface area (Å²) in [6, 6.07) is 8.00. The number of aromatic nitrogens is 2.